The fraction of sp³-hybridized carbons (Fsp3) is 0.455. The molecule has 1 aliphatic heterocycles. The van der Waals surface area contributed by atoms with Crippen LogP contribution in [0.1, 0.15) is 50.2 Å². The van der Waals surface area contributed by atoms with Crippen LogP contribution in [0.25, 0.3) is 0 Å². The van der Waals surface area contributed by atoms with Crippen LogP contribution >= 0.6 is 11.8 Å². The normalized spacial score (nSPS) is 26.6. The Bertz CT molecular complexity index is 667. The van der Waals surface area contributed by atoms with E-state index < -0.39 is 6.10 Å². The van der Waals surface area contributed by atoms with E-state index in [1.807, 2.05) is 42.1 Å². The molecule has 0 unspecified atom stereocenters. The van der Waals surface area contributed by atoms with Crippen molar-refractivity contribution in [2.45, 2.75) is 66.5 Å². The molecule has 1 saturated heterocycles. The molecule has 2 nitrogen and oxygen atoms in total. The summed E-state index contributed by atoms with van der Waals surface area (Å²) in [5.41, 5.74) is 0.892. The largest absolute Gasteiger partial charge is 0.386 e. The van der Waals surface area contributed by atoms with Crippen LogP contribution in [0.5, 0.6) is 0 Å². The van der Waals surface area contributed by atoms with Gasteiger partial charge in [-0.15, -0.1) is 11.8 Å². The maximum Gasteiger partial charge on any atom is 0.105 e. The van der Waals surface area contributed by atoms with Gasteiger partial charge in [0.1, 0.15) is 6.10 Å². The summed E-state index contributed by atoms with van der Waals surface area (Å²) in [6, 6.07) is 20.6. The standard InChI is InChI=1S/C22H26O2S/c23-21(17-10-4-1-5-11-17)19-16-20(25-18-12-6-2-7-13-18)22(24-19)14-8-3-9-15-22/h1-2,4-7,10-13,19-21,23H,3,8-9,14-16H2/t19-,20-,21-/m0/s1. The summed E-state index contributed by atoms with van der Waals surface area (Å²) in [5.74, 6) is 0. The summed E-state index contributed by atoms with van der Waals surface area (Å²) in [5, 5.41) is 11.3. The Hall–Kier alpha value is -1.29. The van der Waals surface area contributed by atoms with Crippen molar-refractivity contribution in [2.24, 2.45) is 0 Å². The van der Waals surface area contributed by atoms with Crippen LogP contribution in [0.2, 0.25) is 0 Å². The van der Waals surface area contributed by atoms with Crippen molar-refractivity contribution in [1.82, 2.24) is 0 Å². The summed E-state index contributed by atoms with van der Waals surface area (Å²) >= 11 is 1.94. The molecule has 2 aromatic carbocycles. The lowest BCUT2D eigenvalue weighted by Crippen LogP contribution is -2.40. The first-order valence-electron chi connectivity index (χ1n) is 9.39. The number of aliphatic hydroxyl groups is 1. The molecule has 4 rings (SSSR count). The van der Waals surface area contributed by atoms with Gasteiger partial charge >= 0.3 is 0 Å². The molecule has 3 atom stereocenters. The van der Waals surface area contributed by atoms with E-state index in [9.17, 15) is 5.11 Å². The Morgan fingerprint density at radius 3 is 2.24 bits per heavy atom. The molecule has 0 amide bonds. The van der Waals surface area contributed by atoms with Crippen LogP contribution in [0.3, 0.4) is 0 Å². The molecule has 1 saturated carbocycles. The highest BCUT2D eigenvalue weighted by Crippen LogP contribution is 2.51. The van der Waals surface area contributed by atoms with Crippen molar-refractivity contribution in [3.05, 3.63) is 66.2 Å². The molecule has 2 aliphatic rings. The maximum atomic E-state index is 10.9. The number of thioether (sulfide) groups is 1. The number of hydrogen-bond donors (Lipinski definition) is 1. The van der Waals surface area contributed by atoms with E-state index in [4.69, 9.17) is 4.74 Å². The highest BCUT2D eigenvalue weighted by Gasteiger charge is 2.51. The Labute approximate surface area is 154 Å². The third-order valence-electron chi connectivity index (χ3n) is 5.63. The molecule has 0 radical (unpaired) electrons. The summed E-state index contributed by atoms with van der Waals surface area (Å²) in [4.78, 5) is 1.30. The van der Waals surface area contributed by atoms with Crippen molar-refractivity contribution in [2.75, 3.05) is 0 Å². The fourth-order valence-corrected chi connectivity index (χ4v) is 5.75. The van der Waals surface area contributed by atoms with Gasteiger partial charge in [0.2, 0.25) is 0 Å². The number of ether oxygens (including phenoxy) is 1. The van der Waals surface area contributed by atoms with Gasteiger partial charge in [-0.2, -0.15) is 0 Å². The highest BCUT2D eigenvalue weighted by molar-refractivity contribution is 8.00. The first kappa shape index (κ1) is 17.1. The minimum atomic E-state index is -0.540. The summed E-state index contributed by atoms with van der Waals surface area (Å²) < 4.78 is 6.62. The quantitative estimate of drug-likeness (QED) is 0.800. The molecule has 1 heterocycles. The Kier molecular flexibility index (Phi) is 5.16. The number of rotatable bonds is 4. The van der Waals surface area contributed by atoms with Crippen LogP contribution in [0.4, 0.5) is 0 Å². The van der Waals surface area contributed by atoms with Gasteiger partial charge in [0.05, 0.1) is 11.7 Å². The van der Waals surface area contributed by atoms with Crippen LogP contribution in [-0.2, 0) is 4.74 Å². The second-order valence-corrected chi connectivity index (χ2v) is 8.57. The van der Waals surface area contributed by atoms with Gasteiger partial charge in [-0.3, -0.25) is 0 Å². The predicted octanol–water partition coefficient (Wildman–Crippen LogP) is 5.37. The van der Waals surface area contributed by atoms with E-state index in [-0.39, 0.29) is 11.7 Å². The first-order valence-corrected chi connectivity index (χ1v) is 10.3. The van der Waals surface area contributed by atoms with Crippen molar-refractivity contribution < 1.29 is 9.84 Å². The lowest BCUT2D eigenvalue weighted by molar-refractivity contribution is -0.102. The predicted molar refractivity (Wildman–Crippen MR) is 103 cm³/mol. The van der Waals surface area contributed by atoms with E-state index in [0.717, 1.165) is 24.8 Å². The van der Waals surface area contributed by atoms with Crippen LogP contribution in [0, 0.1) is 0 Å². The molecule has 0 bridgehead atoms. The zero-order valence-electron chi connectivity index (χ0n) is 14.5. The van der Waals surface area contributed by atoms with Gasteiger partial charge in [-0.25, -0.2) is 0 Å². The van der Waals surface area contributed by atoms with Gasteiger partial charge in [0.15, 0.2) is 0 Å². The first-order chi connectivity index (χ1) is 12.3. The topological polar surface area (TPSA) is 29.5 Å². The molecule has 1 N–H and O–H groups in total. The summed E-state index contributed by atoms with van der Waals surface area (Å²) in [6.45, 7) is 0. The van der Waals surface area contributed by atoms with E-state index in [2.05, 4.69) is 30.3 Å². The van der Waals surface area contributed by atoms with E-state index in [0.29, 0.717) is 5.25 Å². The smallest absolute Gasteiger partial charge is 0.105 e. The van der Waals surface area contributed by atoms with Crippen molar-refractivity contribution in [3.8, 4) is 0 Å². The SMILES string of the molecule is O[C@@H](c1ccccc1)[C@@H]1C[C@H](Sc2ccccc2)C2(CCCCC2)O1. The van der Waals surface area contributed by atoms with E-state index in [1.165, 1.54) is 24.2 Å². The van der Waals surface area contributed by atoms with Gasteiger partial charge in [0.25, 0.3) is 0 Å². The third-order valence-corrected chi connectivity index (χ3v) is 7.08. The zero-order chi connectivity index (χ0) is 17.1. The summed E-state index contributed by atoms with van der Waals surface area (Å²) in [6.07, 6.45) is 6.28. The molecule has 2 fully saturated rings. The highest BCUT2D eigenvalue weighted by atomic mass is 32.2. The molecular formula is C22H26O2S. The van der Waals surface area contributed by atoms with Crippen molar-refractivity contribution >= 4 is 11.8 Å². The van der Waals surface area contributed by atoms with Crippen molar-refractivity contribution in [1.29, 1.82) is 0 Å². The summed E-state index contributed by atoms with van der Waals surface area (Å²) in [7, 11) is 0. The average molecular weight is 355 g/mol. The number of benzene rings is 2. The minimum absolute atomic E-state index is 0.0703. The molecule has 2 aromatic rings. The van der Waals surface area contributed by atoms with Gasteiger partial charge in [-0.1, -0.05) is 67.8 Å². The molecule has 25 heavy (non-hydrogen) atoms. The molecule has 1 spiro atoms. The lowest BCUT2D eigenvalue weighted by atomic mass is 9.82. The second kappa shape index (κ2) is 7.53. The fourth-order valence-electron chi connectivity index (χ4n) is 4.32. The number of aliphatic hydroxyl groups excluding tert-OH is 1. The van der Waals surface area contributed by atoms with Crippen LogP contribution < -0.4 is 0 Å². The molecule has 0 aromatic heterocycles. The zero-order valence-corrected chi connectivity index (χ0v) is 15.3. The Balaban J connectivity index is 1.56. The second-order valence-electron chi connectivity index (χ2n) is 7.29. The molecule has 3 heteroatoms. The van der Waals surface area contributed by atoms with Gasteiger partial charge < -0.3 is 9.84 Å². The molecule has 1 aliphatic carbocycles. The number of hydrogen-bond acceptors (Lipinski definition) is 3. The monoisotopic (exact) mass is 354 g/mol. The van der Waals surface area contributed by atoms with Gasteiger partial charge in [0, 0.05) is 10.1 Å². The van der Waals surface area contributed by atoms with Crippen molar-refractivity contribution in [3.63, 3.8) is 0 Å². The van der Waals surface area contributed by atoms with Crippen LogP contribution in [0.15, 0.2) is 65.6 Å². The van der Waals surface area contributed by atoms with E-state index in [1.54, 1.807) is 0 Å². The lowest BCUT2D eigenvalue weighted by Gasteiger charge is -2.38. The molecular weight excluding hydrogens is 328 g/mol. The van der Waals surface area contributed by atoms with Gasteiger partial charge in [-0.05, 0) is 37.0 Å². The Morgan fingerprint density at radius 2 is 1.56 bits per heavy atom. The third kappa shape index (κ3) is 3.64. The maximum absolute atomic E-state index is 10.9. The Morgan fingerprint density at radius 1 is 0.920 bits per heavy atom. The van der Waals surface area contributed by atoms with E-state index >= 15 is 0 Å². The minimum Gasteiger partial charge on any atom is -0.386 e. The average Bonchev–Trinajstić information content (AvgIpc) is 3.01. The molecule has 132 valence electrons. The van der Waals surface area contributed by atoms with Crippen LogP contribution in [-0.4, -0.2) is 22.1 Å².